The van der Waals surface area contributed by atoms with Gasteiger partial charge in [0.1, 0.15) is 0 Å². The van der Waals surface area contributed by atoms with Gasteiger partial charge in [-0.15, -0.1) is 0 Å². The third-order valence-electron chi connectivity index (χ3n) is 3.62. The third kappa shape index (κ3) is 2.07. The Morgan fingerprint density at radius 1 is 1.44 bits per heavy atom. The summed E-state index contributed by atoms with van der Waals surface area (Å²) in [6, 6.07) is 6.82. The number of nitrogens with two attached hydrogens (primary N) is 1. The Bertz CT molecular complexity index is 360. The van der Waals surface area contributed by atoms with Crippen LogP contribution < -0.4 is 11.1 Å². The fourth-order valence-electron chi connectivity index (χ4n) is 2.66. The van der Waals surface area contributed by atoms with Crippen LogP contribution in [0.3, 0.4) is 0 Å². The Morgan fingerprint density at radius 3 is 3.00 bits per heavy atom. The summed E-state index contributed by atoms with van der Waals surface area (Å²) in [5, 5.41) is 3.65. The molecule has 16 heavy (non-hydrogen) atoms. The van der Waals surface area contributed by atoms with Crippen molar-refractivity contribution in [3.8, 4) is 0 Å². The number of anilines is 1. The van der Waals surface area contributed by atoms with Crippen molar-refractivity contribution in [2.24, 2.45) is 5.92 Å². The first-order valence-electron chi connectivity index (χ1n) is 6.34. The van der Waals surface area contributed by atoms with E-state index in [9.17, 15) is 0 Å². The van der Waals surface area contributed by atoms with Gasteiger partial charge in [0.05, 0.1) is 0 Å². The highest BCUT2D eigenvalue weighted by Crippen LogP contribution is 2.36. The van der Waals surface area contributed by atoms with Crippen LogP contribution >= 0.6 is 0 Å². The molecule has 1 aromatic carbocycles. The zero-order chi connectivity index (χ0) is 11.5. The second-order valence-corrected chi connectivity index (χ2v) is 4.86. The minimum Gasteiger partial charge on any atom is -0.398 e. The minimum absolute atomic E-state index is 0.493. The number of nitrogens with one attached hydrogen (secondary N) is 1. The van der Waals surface area contributed by atoms with E-state index in [4.69, 9.17) is 5.73 Å². The van der Waals surface area contributed by atoms with E-state index in [1.54, 1.807) is 0 Å². The molecule has 2 heteroatoms. The summed E-state index contributed by atoms with van der Waals surface area (Å²) in [6.07, 6.45) is 3.55. The summed E-state index contributed by atoms with van der Waals surface area (Å²) in [7, 11) is 0. The van der Waals surface area contributed by atoms with Gasteiger partial charge in [0, 0.05) is 11.7 Å². The number of hydrogen-bond donors (Lipinski definition) is 2. The molecule has 88 valence electrons. The Balaban J connectivity index is 2.29. The van der Waals surface area contributed by atoms with Crippen molar-refractivity contribution in [1.82, 2.24) is 5.32 Å². The molecule has 0 radical (unpaired) electrons. The second kappa shape index (κ2) is 4.88. The average molecular weight is 218 g/mol. The van der Waals surface area contributed by atoms with Crippen LogP contribution in [-0.4, -0.2) is 6.54 Å². The lowest BCUT2D eigenvalue weighted by atomic mass is 9.80. The molecule has 0 amide bonds. The van der Waals surface area contributed by atoms with Gasteiger partial charge >= 0.3 is 0 Å². The molecule has 2 nitrogen and oxygen atoms in total. The lowest BCUT2D eigenvalue weighted by Gasteiger charge is -2.33. The first kappa shape index (κ1) is 11.5. The van der Waals surface area contributed by atoms with Gasteiger partial charge in [0.2, 0.25) is 0 Å². The molecule has 0 spiro atoms. The quantitative estimate of drug-likeness (QED) is 0.766. The topological polar surface area (TPSA) is 38.0 Å². The lowest BCUT2D eigenvalue weighted by molar-refractivity contribution is 0.346. The summed E-state index contributed by atoms with van der Waals surface area (Å²) in [4.78, 5) is 0. The third-order valence-corrected chi connectivity index (χ3v) is 3.62. The standard InChI is InChI=1S/C14H22N2/c1-3-9-16-14-10(2)7-8-11-12(14)5-4-6-13(11)15/h4-6,10,14,16H,3,7-9,15H2,1-2H3. The maximum atomic E-state index is 6.05. The number of fused-ring (bicyclic) bond motifs is 1. The van der Waals surface area contributed by atoms with Gasteiger partial charge in [-0.1, -0.05) is 26.0 Å². The van der Waals surface area contributed by atoms with E-state index in [1.165, 1.54) is 24.0 Å². The maximum Gasteiger partial charge on any atom is 0.0349 e. The summed E-state index contributed by atoms with van der Waals surface area (Å²) in [5.41, 5.74) is 9.81. The summed E-state index contributed by atoms with van der Waals surface area (Å²) < 4.78 is 0. The molecule has 0 fully saturated rings. The Morgan fingerprint density at radius 2 is 2.25 bits per heavy atom. The fraction of sp³-hybridized carbons (Fsp3) is 0.571. The molecular weight excluding hydrogens is 196 g/mol. The minimum atomic E-state index is 0.493. The van der Waals surface area contributed by atoms with E-state index in [-0.39, 0.29) is 0 Å². The predicted molar refractivity (Wildman–Crippen MR) is 69.4 cm³/mol. The Hall–Kier alpha value is -1.02. The summed E-state index contributed by atoms with van der Waals surface area (Å²) in [6.45, 7) is 5.63. The van der Waals surface area contributed by atoms with Gasteiger partial charge in [-0.2, -0.15) is 0 Å². The van der Waals surface area contributed by atoms with E-state index in [1.807, 2.05) is 6.07 Å². The highest BCUT2D eigenvalue weighted by molar-refractivity contribution is 5.53. The van der Waals surface area contributed by atoms with Crippen molar-refractivity contribution in [2.75, 3.05) is 12.3 Å². The number of rotatable bonds is 3. The molecule has 2 unspecified atom stereocenters. The number of benzene rings is 1. The molecule has 0 saturated heterocycles. The number of nitrogen functional groups attached to an aromatic ring is 1. The van der Waals surface area contributed by atoms with E-state index in [0.717, 1.165) is 18.7 Å². The van der Waals surface area contributed by atoms with Gasteiger partial charge in [-0.25, -0.2) is 0 Å². The molecule has 0 aliphatic heterocycles. The van der Waals surface area contributed by atoms with Crippen LogP contribution in [0.5, 0.6) is 0 Å². The zero-order valence-electron chi connectivity index (χ0n) is 10.3. The van der Waals surface area contributed by atoms with Crippen molar-refractivity contribution in [3.63, 3.8) is 0 Å². The predicted octanol–water partition coefficient (Wildman–Crippen LogP) is 2.89. The van der Waals surface area contributed by atoms with Crippen molar-refractivity contribution in [2.45, 2.75) is 39.2 Å². The normalized spacial score (nSPS) is 24.1. The zero-order valence-corrected chi connectivity index (χ0v) is 10.3. The molecule has 0 saturated carbocycles. The van der Waals surface area contributed by atoms with Gasteiger partial charge < -0.3 is 11.1 Å². The van der Waals surface area contributed by atoms with Gasteiger partial charge in [0.25, 0.3) is 0 Å². The number of hydrogen-bond acceptors (Lipinski definition) is 2. The maximum absolute atomic E-state index is 6.05. The second-order valence-electron chi connectivity index (χ2n) is 4.86. The fourth-order valence-corrected chi connectivity index (χ4v) is 2.66. The van der Waals surface area contributed by atoms with Crippen LogP contribution in [0.1, 0.15) is 43.9 Å². The van der Waals surface area contributed by atoms with E-state index in [2.05, 4.69) is 31.3 Å². The van der Waals surface area contributed by atoms with Crippen molar-refractivity contribution < 1.29 is 0 Å². The molecule has 0 heterocycles. The molecule has 2 atom stereocenters. The van der Waals surface area contributed by atoms with Crippen molar-refractivity contribution in [3.05, 3.63) is 29.3 Å². The van der Waals surface area contributed by atoms with Crippen molar-refractivity contribution in [1.29, 1.82) is 0 Å². The molecule has 2 rings (SSSR count). The van der Waals surface area contributed by atoms with E-state index < -0.39 is 0 Å². The van der Waals surface area contributed by atoms with Crippen LogP contribution in [0, 0.1) is 5.92 Å². The van der Waals surface area contributed by atoms with Crippen LogP contribution in [0.25, 0.3) is 0 Å². The molecule has 1 aliphatic carbocycles. The first-order valence-corrected chi connectivity index (χ1v) is 6.34. The highest BCUT2D eigenvalue weighted by Gasteiger charge is 2.26. The van der Waals surface area contributed by atoms with Gasteiger partial charge in [0.15, 0.2) is 0 Å². The molecule has 0 bridgehead atoms. The average Bonchev–Trinajstić information content (AvgIpc) is 2.28. The lowest BCUT2D eigenvalue weighted by Crippen LogP contribution is -2.32. The van der Waals surface area contributed by atoms with Gasteiger partial charge in [-0.3, -0.25) is 0 Å². The SMILES string of the molecule is CCCNC1c2cccc(N)c2CCC1C. The van der Waals surface area contributed by atoms with Crippen molar-refractivity contribution >= 4 is 5.69 Å². The largest absolute Gasteiger partial charge is 0.398 e. The highest BCUT2D eigenvalue weighted by atomic mass is 14.9. The van der Waals surface area contributed by atoms with Crippen LogP contribution in [-0.2, 0) is 6.42 Å². The summed E-state index contributed by atoms with van der Waals surface area (Å²) in [5.74, 6) is 0.709. The summed E-state index contributed by atoms with van der Waals surface area (Å²) >= 11 is 0. The molecular formula is C14H22N2. The molecule has 0 aromatic heterocycles. The molecule has 3 N–H and O–H groups in total. The van der Waals surface area contributed by atoms with Crippen LogP contribution in [0.2, 0.25) is 0 Å². The monoisotopic (exact) mass is 218 g/mol. The van der Waals surface area contributed by atoms with Gasteiger partial charge in [-0.05, 0) is 48.9 Å². The van der Waals surface area contributed by atoms with Crippen LogP contribution in [0.4, 0.5) is 5.69 Å². The smallest absolute Gasteiger partial charge is 0.0349 e. The first-order chi connectivity index (χ1) is 7.74. The molecule has 1 aliphatic rings. The van der Waals surface area contributed by atoms with E-state index >= 15 is 0 Å². The molecule has 1 aromatic rings. The Kier molecular flexibility index (Phi) is 3.49. The van der Waals surface area contributed by atoms with Crippen LogP contribution in [0.15, 0.2) is 18.2 Å². The Labute approximate surface area is 98.2 Å². The van der Waals surface area contributed by atoms with E-state index in [0.29, 0.717) is 12.0 Å².